The maximum Gasteiger partial charge on any atom is 0.253 e. The largest absolute Gasteiger partial charge is 0.272 e. The summed E-state index contributed by atoms with van der Waals surface area (Å²) in [4.78, 5) is 13.1. The molecule has 0 aliphatic carbocycles. The summed E-state index contributed by atoms with van der Waals surface area (Å²) in [6, 6.07) is 13.1. The maximum atomic E-state index is 12.0. The van der Waals surface area contributed by atoms with Gasteiger partial charge in [-0.15, -0.1) is 11.8 Å². The lowest BCUT2D eigenvalue weighted by molar-refractivity contribution is -0.120. The van der Waals surface area contributed by atoms with E-state index in [1.54, 1.807) is 18.2 Å². The maximum absolute atomic E-state index is 12.0. The molecule has 0 radical (unpaired) electrons. The van der Waals surface area contributed by atoms with Crippen LogP contribution in [0.1, 0.15) is 18.1 Å². The van der Waals surface area contributed by atoms with Gasteiger partial charge in [-0.05, 0) is 38.1 Å². The lowest BCUT2D eigenvalue weighted by atomic mass is 10.2. The molecule has 23 heavy (non-hydrogen) atoms. The van der Waals surface area contributed by atoms with Gasteiger partial charge in [0.25, 0.3) is 5.91 Å². The first-order chi connectivity index (χ1) is 11.0. The van der Waals surface area contributed by atoms with Gasteiger partial charge in [0.05, 0.1) is 16.5 Å². The molecule has 2 rings (SSSR count). The van der Waals surface area contributed by atoms with Gasteiger partial charge in [-0.25, -0.2) is 5.43 Å². The molecule has 2 aromatic rings. The number of hydrogen-bond donors (Lipinski definition) is 1. The standard InChI is InChI=1S/C17H16Cl2N2OS/c1-11-3-7-15(8-4-11)23-12(2)17(22)21-20-10-13-5-6-14(18)9-16(13)19/h3-10,12H,1-2H3,(H,21,22)/b20-10-/t12-/m1/s1. The van der Waals surface area contributed by atoms with Gasteiger partial charge in [0.1, 0.15) is 0 Å². The smallest absolute Gasteiger partial charge is 0.253 e. The topological polar surface area (TPSA) is 41.5 Å². The van der Waals surface area contributed by atoms with E-state index in [1.807, 2.05) is 38.1 Å². The Morgan fingerprint density at radius 1 is 1.22 bits per heavy atom. The molecule has 6 heteroatoms. The van der Waals surface area contributed by atoms with Crippen molar-refractivity contribution in [3.05, 3.63) is 63.6 Å². The molecule has 0 heterocycles. The van der Waals surface area contributed by atoms with Gasteiger partial charge in [-0.3, -0.25) is 4.79 Å². The second-order valence-electron chi connectivity index (χ2n) is 4.97. The Hall–Kier alpha value is -1.49. The van der Waals surface area contributed by atoms with Crippen LogP contribution >= 0.6 is 35.0 Å². The highest BCUT2D eigenvalue weighted by molar-refractivity contribution is 8.00. The van der Waals surface area contributed by atoms with E-state index in [2.05, 4.69) is 10.5 Å². The predicted molar refractivity (Wildman–Crippen MR) is 98.7 cm³/mol. The third-order valence-electron chi connectivity index (χ3n) is 3.04. The molecule has 1 N–H and O–H groups in total. The second kappa shape index (κ2) is 8.39. The number of nitrogens with zero attached hydrogens (tertiary/aromatic N) is 1. The third kappa shape index (κ3) is 5.57. The van der Waals surface area contributed by atoms with E-state index in [0.717, 1.165) is 4.90 Å². The number of thioether (sulfide) groups is 1. The van der Waals surface area contributed by atoms with Crippen molar-refractivity contribution >= 4 is 47.1 Å². The molecule has 0 saturated heterocycles. The molecule has 0 bridgehead atoms. The van der Waals surface area contributed by atoms with Crippen LogP contribution in [0.2, 0.25) is 10.0 Å². The molecule has 0 aliphatic rings. The summed E-state index contributed by atoms with van der Waals surface area (Å²) < 4.78 is 0. The number of halogens is 2. The third-order valence-corrected chi connectivity index (χ3v) is 4.72. The lowest BCUT2D eigenvalue weighted by Crippen LogP contribution is -2.26. The van der Waals surface area contributed by atoms with Crippen LogP contribution in [-0.4, -0.2) is 17.4 Å². The molecule has 120 valence electrons. The van der Waals surface area contributed by atoms with E-state index in [9.17, 15) is 4.79 Å². The summed E-state index contributed by atoms with van der Waals surface area (Å²) in [6.07, 6.45) is 1.50. The zero-order valence-electron chi connectivity index (χ0n) is 12.7. The number of hydrazone groups is 1. The molecule has 0 unspecified atom stereocenters. The van der Waals surface area contributed by atoms with Crippen LogP contribution < -0.4 is 5.43 Å². The zero-order chi connectivity index (χ0) is 16.8. The first kappa shape index (κ1) is 17.9. The monoisotopic (exact) mass is 366 g/mol. The first-order valence-electron chi connectivity index (χ1n) is 6.97. The lowest BCUT2D eigenvalue weighted by Gasteiger charge is -2.09. The molecular formula is C17H16Cl2N2OS. The van der Waals surface area contributed by atoms with E-state index in [-0.39, 0.29) is 11.2 Å². The van der Waals surface area contributed by atoms with Gasteiger partial charge in [-0.2, -0.15) is 5.10 Å². The number of amides is 1. The highest BCUT2D eigenvalue weighted by Crippen LogP contribution is 2.23. The van der Waals surface area contributed by atoms with Crippen molar-refractivity contribution in [2.24, 2.45) is 5.10 Å². The average Bonchev–Trinajstić information content (AvgIpc) is 2.51. The van der Waals surface area contributed by atoms with Gasteiger partial charge in [0.2, 0.25) is 0 Å². The fourth-order valence-corrected chi connectivity index (χ4v) is 3.06. The molecule has 0 saturated carbocycles. The fourth-order valence-electron chi connectivity index (χ4n) is 1.74. The van der Waals surface area contributed by atoms with Crippen molar-refractivity contribution in [1.29, 1.82) is 0 Å². The zero-order valence-corrected chi connectivity index (χ0v) is 15.0. The highest BCUT2D eigenvalue weighted by atomic mass is 35.5. The Kier molecular flexibility index (Phi) is 6.51. The molecule has 2 aromatic carbocycles. The highest BCUT2D eigenvalue weighted by Gasteiger charge is 2.13. The number of benzene rings is 2. The van der Waals surface area contributed by atoms with Gasteiger partial charge in [-0.1, -0.05) is 47.0 Å². The van der Waals surface area contributed by atoms with Gasteiger partial charge < -0.3 is 0 Å². The van der Waals surface area contributed by atoms with E-state index in [4.69, 9.17) is 23.2 Å². The molecule has 0 fully saturated rings. The number of aryl methyl sites for hydroxylation is 1. The normalized spacial score (nSPS) is 12.3. The minimum atomic E-state index is -0.254. The molecule has 0 spiro atoms. The Labute approximate surface area is 150 Å². The summed E-state index contributed by atoms with van der Waals surface area (Å²) in [5.41, 5.74) is 4.40. The minimum absolute atomic E-state index is 0.170. The van der Waals surface area contributed by atoms with Gasteiger partial charge in [0.15, 0.2) is 0 Å². The molecule has 3 nitrogen and oxygen atoms in total. The van der Waals surface area contributed by atoms with Crippen molar-refractivity contribution in [3.63, 3.8) is 0 Å². The predicted octanol–water partition coefficient (Wildman–Crippen LogP) is 4.93. The van der Waals surface area contributed by atoms with Crippen LogP contribution in [0.15, 0.2) is 52.5 Å². The number of nitrogens with one attached hydrogen (secondary N) is 1. The van der Waals surface area contributed by atoms with Crippen molar-refractivity contribution in [3.8, 4) is 0 Å². The quantitative estimate of drug-likeness (QED) is 0.462. The summed E-state index contributed by atoms with van der Waals surface area (Å²) >= 11 is 13.3. The summed E-state index contributed by atoms with van der Waals surface area (Å²) in [6.45, 7) is 3.87. The van der Waals surface area contributed by atoms with Crippen LogP contribution in [0, 0.1) is 6.92 Å². The molecule has 0 aliphatic heterocycles. The number of hydrogen-bond acceptors (Lipinski definition) is 3. The van der Waals surface area contributed by atoms with Gasteiger partial charge in [0, 0.05) is 15.5 Å². The average molecular weight is 367 g/mol. The van der Waals surface area contributed by atoms with E-state index in [1.165, 1.54) is 23.5 Å². The summed E-state index contributed by atoms with van der Waals surface area (Å²) in [7, 11) is 0. The number of carbonyl (C=O) groups is 1. The second-order valence-corrected chi connectivity index (χ2v) is 7.23. The van der Waals surface area contributed by atoms with Gasteiger partial charge >= 0.3 is 0 Å². The van der Waals surface area contributed by atoms with Crippen LogP contribution in [0.5, 0.6) is 0 Å². The van der Waals surface area contributed by atoms with E-state index in [0.29, 0.717) is 15.6 Å². The molecule has 1 atom stereocenters. The number of rotatable bonds is 5. The summed E-state index contributed by atoms with van der Waals surface area (Å²) in [5.74, 6) is -0.170. The Balaban J connectivity index is 1.90. The summed E-state index contributed by atoms with van der Waals surface area (Å²) in [5, 5.41) is 4.73. The van der Waals surface area contributed by atoms with Crippen molar-refractivity contribution in [1.82, 2.24) is 5.43 Å². The van der Waals surface area contributed by atoms with Crippen molar-refractivity contribution in [2.45, 2.75) is 24.0 Å². The minimum Gasteiger partial charge on any atom is -0.272 e. The van der Waals surface area contributed by atoms with Crippen molar-refractivity contribution < 1.29 is 4.79 Å². The van der Waals surface area contributed by atoms with Crippen LogP contribution in [-0.2, 0) is 4.79 Å². The molecule has 1 amide bonds. The molecular weight excluding hydrogens is 351 g/mol. The first-order valence-corrected chi connectivity index (χ1v) is 8.60. The Bertz CT molecular complexity index is 717. The fraction of sp³-hybridized carbons (Fsp3) is 0.176. The van der Waals surface area contributed by atoms with Crippen LogP contribution in [0.3, 0.4) is 0 Å². The SMILES string of the molecule is Cc1ccc(S[C@H](C)C(=O)N/N=C\c2ccc(Cl)cc2Cl)cc1. The molecule has 0 aromatic heterocycles. The van der Waals surface area contributed by atoms with Crippen LogP contribution in [0.4, 0.5) is 0 Å². The van der Waals surface area contributed by atoms with E-state index < -0.39 is 0 Å². The Morgan fingerprint density at radius 3 is 2.57 bits per heavy atom. The van der Waals surface area contributed by atoms with E-state index >= 15 is 0 Å². The van der Waals surface area contributed by atoms with Crippen LogP contribution in [0.25, 0.3) is 0 Å². The van der Waals surface area contributed by atoms with Crippen molar-refractivity contribution in [2.75, 3.05) is 0 Å². The number of carbonyl (C=O) groups excluding carboxylic acids is 1. The Morgan fingerprint density at radius 2 is 1.91 bits per heavy atom.